The highest BCUT2D eigenvalue weighted by atomic mass is 32.1. The zero-order valence-electron chi connectivity index (χ0n) is 9.34. The van der Waals surface area contributed by atoms with E-state index in [-0.39, 0.29) is 5.91 Å². The Morgan fingerprint density at radius 3 is 2.78 bits per heavy atom. The third kappa shape index (κ3) is 2.61. The molecule has 0 unspecified atom stereocenters. The largest absolute Gasteiger partial charge is 0.416 e. The third-order valence-electron chi connectivity index (χ3n) is 2.28. The molecular formula is C11H9F3N2OS. The summed E-state index contributed by atoms with van der Waals surface area (Å²) in [4.78, 5) is 15.2. The quantitative estimate of drug-likeness (QED) is 0.908. The summed E-state index contributed by atoms with van der Waals surface area (Å²) >= 11 is 1.03. The number of nitrogens with zero attached hydrogens (tertiary/aromatic N) is 1. The Balaban J connectivity index is 2.37. The van der Waals surface area contributed by atoms with Crippen molar-refractivity contribution in [3.05, 3.63) is 23.8 Å². The Morgan fingerprint density at radius 2 is 2.17 bits per heavy atom. The summed E-state index contributed by atoms with van der Waals surface area (Å²) in [6.45, 7) is 1.68. The maximum Gasteiger partial charge on any atom is 0.416 e. The number of thiazole rings is 1. The number of nitrogens with one attached hydrogen (secondary N) is 1. The van der Waals surface area contributed by atoms with Gasteiger partial charge >= 0.3 is 6.18 Å². The summed E-state index contributed by atoms with van der Waals surface area (Å²) in [6, 6.07) is 3.32. The van der Waals surface area contributed by atoms with Crippen molar-refractivity contribution >= 4 is 32.6 Å². The van der Waals surface area contributed by atoms with E-state index in [4.69, 9.17) is 0 Å². The first-order chi connectivity index (χ1) is 8.40. The van der Waals surface area contributed by atoms with Gasteiger partial charge in [0.25, 0.3) is 0 Å². The van der Waals surface area contributed by atoms with Gasteiger partial charge in [-0.05, 0) is 18.2 Å². The molecule has 0 spiro atoms. The van der Waals surface area contributed by atoms with Crippen LogP contribution in [0.5, 0.6) is 0 Å². The summed E-state index contributed by atoms with van der Waals surface area (Å²) in [7, 11) is 0. The van der Waals surface area contributed by atoms with Gasteiger partial charge in [-0.1, -0.05) is 18.3 Å². The van der Waals surface area contributed by atoms with Crippen molar-refractivity contribution in [2.24, 2.45) is 0 Å². The fourth-order valence-corrected chi connectivity index (χ4v) is 2.28. The monoisotopic (exact) mass is 274 g/mol. The van der Waals surface area contributed by atoms with E-state index in [1.165, 1.54) is 6.07 Å². The zero-order chi connectivity index (χ0) is 13.3. The lowest BCUT2D eigenvalue weighted by Crippen LogP contribution is -2.08. The number of hydrogen-bond acceptors (Lipinski definition) is 3. The van der Waals surface area contributed by atoms with Crippen molar-refractivity contribution in [1.82, 2.24) is 4.98 Å². The summed E-state index contributed by atoms with van der Waals surface area (Å²) in [5.41, 5.74) is -0.272. The first-order valence-electron chi connectivity index (χ1n) is 5.18. The second-order valence-electron chi connectivity index (χ2n) is 3.60. The fourth-order valence-electron chi connectivity index (χ4n) is 1.36. The van der Waals surface area contributed by atoms with E-state index in [9.17, 15) is 18.0 Å². The van der Waals surface area contributed by atoms with Crippen molar-refractivity contribution in [3.8, 4) is 0 Å². The van der Waals surface area contributed by atoms with Crippen LogP contribution < -0.4 is 5.32 Å². The molecular weight excluding hydrogens is 265 g/mol. The molecule has 18 heavy (non-hydrogen) atoms. The average Bonchev–Trinajstić information content (AvgIpc) is 2.68. The van der Waals surface area contributed by atoms with Gasteiger partial charge in [-0.25, -0.2) is 4.98 Å². The van der Waals surface area contributed by atoms with E-state index in [1.807, 2.05) is 0 Å². The van der Waals surface area contributed by atoms with Gasteiger partial charge in [0.15, 0.2) is 5.13 Å². The lowest BCUT2D eigenvalue weighted by molar-refractivity contribution is -0.137. The molecule has 1 aromatic carbocycles. The molecule has 0 aliphatic carbocycles. The molecule has 1 N–H and O–H groups in total. The molecule has 0 saturated heterocycles. The number of halogens is 3. The molecule has 0 fully saturated rings. The topological polar surface area (TPSA) is 42.0 Å². The van der Waals surface area contributed by atoms with Gasteiger partial charge in [0.2, 0.25) is 5.91 Å². The second-order valence-corrected chi connectivity index (χ2v) is 4.63. The molecule has 0 radical (unpaired) electrons. The highest BCUT2D eigenvalue weighted by Crippen LogP contribution is 2.34. The van der Waals surface area contributed by atoms with Gasteiger partial charge in [0.1, 0.15) is 0 Å². The Labute approximate surface area is 105 Å². The number of rotatable bonds is 2. The standard InChI is InChI=1S/C11H9F3N2OS/c1-2-9(17)16-10-15-7-4-3-6(11(12,13)14)5-8(7)18-10/h3-5H,2H2,1H3,(H,15,16,17). The van der Waals surface area contributed by atoms with E-state index in [2.05, 4.69) is 10.3 Å². The lowest BCUT2D eigenvalue weighted by atomic mass is 10.2. The minimum absolute atomic E-state index is 0.217. The van der Waals surface area contributed by atoms with Crippen LogP contribution in [0.1, 0.15) is 18.9 Å². The Kier molecular flexibility index (Phi) is 3.25. The molecule has 0 aliphatic heterocycles. The minimum atomic E-state index is -4.37. The van der Waals surface area contributed by atoms with E-state index in [1.54, 1.807) is 6.92 Å². The normalized spacial score (nSPS) is 11.8. The number of aromatic nitrogens is 1. The van der Waals surface area contributed by atoms with Gasteiger partial charge in [0.05, 0.1) is 15.8 Å². The number of amides is 1. The van der Waals surface area contributed by atoms with Gasteiger partial charge < -0.3 is 5.32 Å². The van der Waals surface area contributed by atoms with Crippen molar-refractivity contribution < 1.29 is 18.0 Å². The predicted molar refractivity (Wildman–Crippen MR) is 63.5 cm³/mol. The summed E-state index contributed by atoms with van der Waals surface area (Å²) in [5.74, 6) is -0.217. The molecule has 1 aromatic heterocycles. The highest BCUT2D eigenvalue weighted by molar-refractivity contribution is 7.22. The molecule has 0 saturated carbocycles. The van der Waals surface area contributed by atoms with Crippen molar-refractivity contribution in [2.75, 3.05) is 5.32 Å². The van der Waals surface area contributed by atoms with Crippen LogP contribution in [-0.4, -0.2) is 10.9 Å². The maximum atomic E-state index is 12.5. The van der Waals surface area contributed by atoms with Crippen molar-refractivity contribution in [2.45, 2.75) is 19.5 Å². The molecule has 96 valence electrons. The van der Waals surface area contributed by atoms with E-state index in [0.717, 1.165) is 23.5 Å². The smallest absolute Gasteiger partial charge is 0.302 e. The van der Waals surface area contributed by atoms with Crippen molar-refractivity contribution in [1.29, 1.82) is 0 Å². The van der Waals surface area contributed by atoms with Gasteiger partial charge in [-0.2, -0.15) is 13.2 Å². The Morgan fingerprint density at radius 1 is 1.44 bits per heavy atom. The van der Waals surface area contributed by atoms with Crippen LogP contribution in [0.2, 0.25) is 0 Å². The SMILES string of the molecule is CCC(=O)Nc1nc2ccc(C(F)(F)F)cc2s1. The molecule has 2 aromatic rings. The second kappa shape index (κ2) is 4.56. The molecule has 0 atom stereocenters. The van der Waals surface area contributed by atoms with Gasteiger partial charge in [-0.15, -0.1) is 0 Å². The predicted octanol–water partition coefficient (Wildman–Crippen LogP) is 3.66. The molecule has 0 aliphatic rings. The number of carbonyl (C=O) groups is 1. The molecule has 2 rings (SSSR count). The van der Waals surface area contributed by atoms with Gasteiger partial charge in [0, 0.05) is 6.42 Å². The molecule has 3 nitrogen and oxygen atoms in total. The van der Waals surface area contributed by atoms with Gasteiger partial charge in [-0.3, -0.25) is 4.79 Å². The number of anilines is 1. The fraction of sp³-hybridized carbons (Fsp3) is 0.273. The highest BCUT2D eigenvalue weighted by Gasteiger charge is 2.30. The lowest BCUT2D eigenvalue weighted by Gasteiger charge is -2.04. The minimum Gasteiger partial charge on any atom is -0.302 e. The first-order valence-corrected chi connectivity index (χ1v) is 5.99. The van der Waals surface area contributed by atoms with Crippen LogP contribution in [-0.2, 0) is 11.0 Å². The van der Waals surface area contributed by atoms with Crippen LogP contribution in [0, 0.1) is 0 Å². The Bertz CT molecular complexity index is 591. The van der Waals surface area contributed by atoms with E-state index in [0.29, 0.717) is 21.8 Å². The maximum absolute atomic E-state index is 12.5. The van der Waals surface area contributed by atoms with Crippen LogP contribution in [0.4, 0.5) is 18.3 Å². The molecule has 7 heteroatoms. The van der Waals surface area contributed by atoms with Crippen LogP contribution >= 0.6 is 11.3 Å². The number of benzene rings is 1. The van der Waals surface area contributed by atoms with Crippen LogP contribution in [0.25, 0.3) is 10.2 Å². The number of alkyl halides is 3. The molecule has 0 bridgehead atoms. The van der Waals surface area contributed by atoms with Crippen molar-refractivity contribution in [3.63, 3.8) is 0 Å². The van der Waals surface area contributed by atoms with E-state index < -0.39 is 11.7 Å². The summed E-state index contributed by atoms with van der Waals surface area (Å²) < 4.78 is 37.9. The summed E-state index contributed by atoms with van der Waals surface area (Å²) in [5, 5.41) is 2.84. The first kappa shape index (κ1) is 12.8. The van der Waals surface area contributed by atoms with E-state index >= 15 is 0 Å². The number of hydrogen-bond donors (Lipinski definition) is 1. The Hall–Kier alpha value is -1.63. The van der Waals surface area contributed by atoms with Crippen LogP contribution in [0.3, 0.4) is 0 Å². The molecule has 1 amide bonds. The molecule has 1 heterocycles. The van der Waals surface area contributed by atoms with Crippen LogP contribution in [0.15, 0.2) is 18.2 Å². The summed E-state index contributed by atoms with van der Waals surface area (Å²) in [6.07, 6.45) is -4.07. The number of carbonyl (C=O) groups excluding carboxylic acids is 1. The average molecular weight is 274 g/mol. The third-order valence-corrected chi connectivity index (χ3v) is 3.22. The zero-order valence-corrected chi connectivity index (χ0v) is 10.2. The number of fused-ring (bicyclic) bond motifs is 1.